The predicted octanol–water partition coefficient (Wildman–Crippen LogP) is 4.93. The molecule has 2 N–H and O–H groups in total. The monoisotopic (exact) mass is 710 g/mol. The highest BCUT2D eigenvalue weighted by atomic mass is 16.8. The summed E-state index contributed by atoms with van der Waals surface area (Å²) in [6.45, 7) is 4.90. The minimum atomic E-state index is -1.38. The fourth-order valence-corrected chi connectivity index (χ4v) is 6.06. The fraction of sp³-hybridized carbons (Fsp3) is 0.366. The van der Waals surface area contributed by atoms with E-state index in [4.69, 9.17) is 18.9 Å². The van der Waals surface area contributed by atoms with Crippen molar-refractivity contribution in [1.29, 1.82) is 0 Å². The number of nitrogens with one attached hydrogen (secondary N) is 1. The van der Waals surface area contributed by atoms with Gasteiger partial charge in [-0.15, -0.1) is 0 Å². The van der Waals surface area contributed by atoms with Crippen molar-refractivity contribution in [1.82, 2.24) is 10.2 Å². The minimum absolute atomic E-state index is 0.00204. The molecule has 274 valence electrons. The van der Waals surface area contributed by atoms with Crippen molar-refractivity contribution < 1.29 is 43.2 Å². The van der Waals surface area contributed by atoms with Gasteiger partial charge < -0.3 is 34.3 Å². The maximum absolute atomic E-state index is 13.8. The largest absolute Gasteiger partial charge is 0.460 e. The molecule has 3 aromatic rings. The zero-order chi connectivity index (χ0) is 37.5. The Balaban J connectivity index is 1.43. The lowest BCUT2D eigenvalue weighted by atomic mass is 9.91. The summed E-state index contributed by atoms with van der Waals surface area (Å²) in [6.07, 6.45) is 2.27. The van der Waals surface area contributed by atoms with Crippen LogP contribution >= 0.6 is 0 Å². The Kier molecular flexibility index (Phi) is 12.1. The number of fused-ring (bicyclic) bond motifs is 1. The summed E-state index contributed by atoms with van der Waals surface area (Å²) in [4.78, 5) is 53.4. The van der Waals surface area contributed by atoms with Gasteiger partial charge in [0, 0.05) is 49.7 Å². The molecule has 4 unspecified atom stereocenters. The van der Waals surface area contributed by atoms with Crippen LogP contribution in [0.3, 0.4) is 0 Å². The summed E-state index contributed by atoms with van der Waals surface area (Å²) in [5.74, 6) is -3.17. The van der Waals surface area contributed by atoms with E-state index in [0.717, 1.165) is 0 Å². The molecule has 1 heterocycles. The Hall–Kier alpha value is -5.10. The van der Waals surface area contributed by atoms with E-state index in [-0.39, 0.29) is 36.3 Å². The molecule has 4 atom stereocenters. The summed E-state index contributed by atoms with van der Waals surface area (Å²) in [5, 5.41) is 12.9. The zero-order valence-electron chi connectivity index (χ0n) is 30.1. The Morgan fingerprint density at radius 1 is 0.962 bits per heavy atom. The maximum atomic E-state index is 13.8. The number of rotatable bonds is 12. The van der Waals surface area contributed by atoms with Gasteiger partial charge >= 0.3 is 11.9 Å². The fourth-order valence-electron chi connectivity index (χ4n) is 6.06. The van der Waals surface area contributed by atoms with E-state index in [1.54, 1.807) is 71.3 Å². The van der Waals surface area contributed by atoms with Crippen molar-refractivity contribution >= 4 is 29.8 Å². The smallest absolute Gasteiger partial charge is 0.338 e. The third-order valence-corrected chi connectivity index (χ3v) is 8.59. The molecule has 2 aliphatic rings. The molecule has 1 fully saturated rings. The number of aliphatic hydroxyl groups is 1. The predicted molar refractivity (Wildman–Crippen MR) is 194 cm³/mol. The van der Waals surface area contributed by atoms with E-state index in [9.17, 15) is 24.3 Å². The number of aliphatic hydroxyl groups excluding tert-OH is 1. The molecule has 5 rings (SSSR count). The average Bonchev–Trinajstić information content (AvgIpc) is 3.53. The molecule has 11 nitrogen and oxygen atoms in total. The van der Waals surface area contributed by atoms with Gasteiger partial charge in [-0.3, -0.25) is 14.4 Å². The second-order valence-electron chi connectivity index (χ2n) is 14.0. The van der Waals surface area contributed by atoms with Crippen LogP contribution in [0, 0.1) is 0 Å². The van der Waals surface area contributed by atoms with E-state index in [2.05, 4.69) is 5.32 Å². The van der Waals surface area contributed by atoms with Gasteiger partial charge in [-0.05, 0) is 57.0 Å². The summed E-state index contributed by atoms with van der Waals surface area (Å²) in [6, 6.07) is 24.8. The third kappa shape index (κ3) is 9.41. The first kappa shape index (κ1) is 38.1. The second-order valence-corrected chi connectivity index (χ2v) is 14.0. The van der Waals surface area contributed by atoms with Crippen LogP contribution in [0.15, 0.2) is 103 Å². The number of nitrogens with zero attached hydrogens (tertiary/aromatic N) is 1. The molecule has 0 aromatic heterocycles. The van der Waals surface area contributed by atoms with Crippen molar-refractivity contribution in [3.05, 3.63) is 125 Å². The number of carbonyl (C=O) groups excluding carboxylic acids is 4. The number of ether oxygens (including phenoxy) is 4. The number of carbonyl (C=O) groups is 4. The Morgan fingerprint density at radius 3 is 2.21 bits per heavy atom. The third-order valence-electron chi connectivity index (χ3n) is 8.59. The van der Waals surface area contributed by atoms with Gasteiger partial charge in [0.25, 0.3) is 0 Å². The first-order chi connectivity index (χ1) is 24.8. The molecule has 1 aliphatic heterocycles. The summed E-state index contributed by atoms with van der Waals surface area (Å²) < 4.78 is 25.1. The molecular weight excluding hydrogens is 664 g/mol. The molecular formula is C41H46N2O9. The molecule has 3 aromatic carbocycles. The molecule has 0 radical (unpaired) electrons. The van der Waals surface area contributed by atoms with Gasteiger partial charge in [-0.2, -0.15) is 0 Å². The molecule has 1 aliphatic carbocycles. The minimum Gasteiger partial charge on any atom is -0.460 e. The van der Waals surface area contributed by atoms with Crippen molar-refractivity contribution in [2.45, 2.75) is 75.8 Å². The van der Waals surface area contributed by atoms with Crippen LogP contribution in [0.4, 0.5) is 0 Å². The topological polar surface area (TPSA) is 141 Å². The first-order valence-electron chi connectivity index (χ1n) is 17.3. The van der Waals surface area contributed by atoms with Crippen LogP contribution in [0.1, 0.15) is 67.1 Å². The normalized spacial score (nSPS) is 20.0. The highest BCUT2D eigenvalue weighted by Gasteiger charge is 2.55. The van der Waals surface area contributed by atoms with E-state index < -0.39 is 60.2 Å². The van der Waals surface area contributed by atoms with Gasteiger partial charge in [0.05, 0.1) is 18.2 Å². The molecule has 1 saturated heterocycles. The van der Waals surface area contributed by atoms with E-state index in [1.807, 2.05) is 60.7 Å². The van der Waals surface area contributed by atoms with Crippen molar-refractivity contribution in [2.75, 3.05) is 20.7 Å². The number of hydrogen-bond acceptors (Lipinski definition) is 9. The summed E-state index contributed by atoms with van der Waals surface area (Å²) in [7, 11) is 3.29. The molecule has 2 amide bonds. The number of hydrogen-bond donors (Lipinski definition) is 2. The van der Waals surface area contributed by atoms with Crippen LogP contribution in [0.5, 0.6) is 0 Å². The highest BCUT2D eigenvalue weighted by molar-refractivity contribution is 5.95. The highest BCUT2D eigenvalue weighted by Crippen LogP contribution is 2.47. The van der Waals surface area contributed by atoms with Gasteiger partial charge in [-0.25, -0.2) is 4.79 Å². The van der Waals surface area contributed by atoms with Crippen LogP contribution in [0.25, 0.3) is 6.08 Å². The molecule has 52 heavy (non-hydrogen) atoms. The van der Waals surface area contributed by atoms with E-state index in [0.29, 0.717) is 16.7 Å². The van der Waals surface area contributed by atoms with Crippen LogP contribution in [-0.2, 0) is 39.1 Å². The molecule has 11 heteroatoms. The summed E-state index contributed by atoms with van der Waals surface area (Å²) >= 11 is 0. The van der Waals surface area contributed by atoms with Crippen LogP contribution in [0.2, 0.25) is 0 Å². The van der Waals surface area contributed by atoms with Crippen molar-refractivity contribution in [3.8, 4) is 0 Å². The first-order valence-corrected chi connectivity index (χ1v) is 17.3. The SMILES string of the molecule is CN(C)C(=O)C=Cc1cccc(C(=O)OC2CC(C(=O)NC(CO)CCC(=O)OC(C)(C)C)=CC3OC(c4ccccc4)(c4ccccc4)OC32)c1. The van der Waals surface area contributed by atoms with Gasteiger partial charge in [-0.1, -0.05) is 72.8 Å². The summed E-state index contributed by atoms with van der Waals surface area (Å²) in [5.41, 5.74) is 1.92. The second kappa shape index (κ2) is 16.5. The van der Waals surface area contributed by atoms with Crippen molar-refractivity contribution in [3.63, 3.8) is 0 Å². The number of benzene rings is 3. The number of amides is 2. The van der Waals surface area contributed by atoms with Crippen LogP contribution < -0.4 is 5.32 Å². The van der Waals surface area contributed by atoms with Gasteiger partial charge in [0.15, 0.2) is 0 Å². The number of likely N-dealkylation sites (N-methyl/N-ethyl adjacent to an activating group) is 1. The van der Waals surface area contributed by atoms with Crippen LogP contribution in [-0.4, -0.2) is 84.4 Å². The Labute approximate surface area is 304 Å². The standard InChI is InChI=1S/C41H46N2O9/c1-40(2,3)51-36(46)22-20-32(26-44)42-38(47)29-24-33(49-39(48)28-14-12-13-27(23-28)19-21-35(45)43(4)5)37-34(25-29)50-41(52-37,30-15-8-6-9-16-30)31-17-10-7-11-18-31/h6-19,21,23,25,32-34,37,44H,20,22,24,26H2,1-5H3,(H,42,47). The quantitative estimate of drug-likeness (QED) is 0.198. The molecule has 0 spiro atoms. The average molecular weight is 711 g/mol. The Morgan fingerprint density at radius 2 is 1.62 bits per heavy atom. The molecule has 0 bridgehead atoms. The van der Waals surface area contributed by atoms with Gasteiger partial charge in [0.1, 0.15) is 23.9 Å². The Bertz CT molecular complexity index is 1760. The lowest BCUT2D eigenvalue weighted by Crippen LogP contribution is -2.45. The lowest BCUT2D eigenvalue weighted by Gasteiger charge is -2.31. The number of esters is 2. The van der Waals surface area contributed by atoms with E-state index >= 15 is 0 Å². The maximum Gasteiger partial charge on any atom is 0.338 e. The van der Waals surface area contributed by atoms with Gasteiger partial charge in [0.2, 0.25) is 17.6 Å². The lowest BCUT2D eigenvalue weighted by molar-refractivity contribution is -0.157. The van der Waals surface area contributed by atoms with Crippen molar-refractivity contribution in [2.24, 2.45) is 0 Å². The zero-order valence-corrected chi connectivity index (χ0v) is 30.1. The molecule has 0 saturated carbocycles. The van der Waals surface area contributed by atoms with E-state index in [1.165, 1.54) is 11.0 Å².